The molecule has 1 amide bonds. The fourth-order valence-corrected chi connectivity index (χ4v) is 1.53. The van der Waals surface area contributed by atoms with E-state index in [1.807, 2.05) is 0 Å². The molecule has 0 heterocycles. The molecule has 1 aromatic rings. The molecule has 20 heavy (non-hydrogen) atoms. The number of carboxylic acids is 1. The van der Waals surface area contributed by atoms with Gasteiger partial charge >= 0.3 is 5.97 Å². The monoisotopic (exact) mass is 302 g/mol. The highest BCUT2D eigenvalue weighted by Crippen LogP contribution is 2.13. The fourth-order valence-electron chi connectivity index (χ4n) is 1.53. The van der Waals surface area contributed by atoms with Crippen LogP contribution in [0.2, 0.25) is 0 Å². The SMILES string of the molecule is CC(=O)N(CC(=O)O)Cc1ccc(OCCN)cc1.Cl. The van der Waals surface area contributed by atoms with Crippen molar-refractivity contribution >= 4 is 24.3 Å². The lowest BCUT2D eigenvalue weighted by Gasteiger charge is -2.18. The highest BCUT2D eigenvalue weighted by Gasteiger charge is 2.13. The molecule has 0 aliphatic carbocycles. The summed E-state index contributed by atoms with van der Waals surface area (Å²) in [6.45, 7) is 2.19. The Morgan fingerprint density at radius 2 is 1.90 bits per heavy atom. The van der Waals surface area contributed by atoms with Gasteiger partial charge in [-0.15, -0.1) is 12.4 Å². The van der Waals surface area contributed by atoms with Crippen LogP contribution in [0, 0.1) is 0 Å². The van der Waals surface area contributed by atoms with E-state index in [1.165, 1.54) is 11.8 Å². The first-order valence-corrected chi connectivity index (χ1v) is 5.92. The summed E-state index contributed by atoms with van der Waals surface area (Å²) >= 11 is 0. The Bertz CT molecular complexity index is 437. The lowest BCUT2D eigenvalue weighted by atomic mass is 10.2. The van der Waals surface area contributed by atoms with Crippen LogP contribution in [-0.4, -0.2) is 41.6 Å². The van der Waals surface area contributed by atoms with E-state index in [-0.39, 0.29) is 31.4 Å². The van der Waals surface area contributed by atoms with Crippen molar-refractivity contribution < 1.29 is 19.4 Å². The van der Waals surface area contributed by atoms with Gasteiger partial charge in [0.1, 0.15) is 18.9 Å². The number of halogens is 1. The molecule has 7 heteroatoms. The Labute approximate surface area is 123 Å². The Morgan fingerprint density at radius 3 is 2.35 bits per heavy atom. The molecule has 6 nitrogen and oxygen atoms in total. The van der Waals surface area contributed by atoms with Crippen LogP contribution in [-0.2, 0) is 16.1 Å². The molecule has 0 atom stereocenters. The molecule has 0 radical (unpaired) electrons. The first kappa shape index (κ1) is 18.2. The maximum absolute atomic E-state index is 11.3. The predicted molar refractivity (Wildman–Crippen MR) is 77.0 cm³/mol. The standard InChI is InChI=1S/C13H18N2O4.ClH/c1-10(16)15(9-13(17)18)8-11-2-4-12(5-3-11)19-7-6-14;/h2-5H,6-9,14H2,1H3,(H,17,18);1H. The van der Waals surface area contributed by atoms with Gasteiger partial charge in [0.15, 0.2) is 0 Å². The van der Waals surface area contributed by atoms with Crippen molar-refractivity contribution in [2.24, 2.45) is 5.73 Å². The van der Waals surface area contributed by atoms with Crippen molar-refractivity contribution in [2.45, 2.75) is 13.5 Å². The van der Waals surface area contributed by atoms with Gasteiger partial charge in [-0.2, -0.15) is 0 Å². The van der Waals surface area contributed by atoms with Gasteiger partial charge < -0.3 is 20.5 Å². The number of aliphatic carboxylic acids is 1. The summed E-state index contributed by atoms with van der Waals surface area (Å²) in [4.78, 5) is 23.2. The second-order valence-corrected chi connectivity index (χ2v) is 4.05. The number of nitrogens with zero attached hydrogens (tertiary/aromatic N) is 1. The average Bonchev–Trinajstić information content (AvgIpc) is 2.36. The Hall–Kier alpha value is -1.79. The number of hydrogen-bond donors (Lipinski definition) is 2. The lowest BCUT2D eigenvalue weighted by molar-refractivity contribution is -0.144. The molecule has 3 N–H and O–H groups in total. The van der Waals surface area contributed by atoms with E-state index in [9.17, 15) is 9.59 Å². The molecular formula is C13H19ClN2O4. The molecule has 0 fully saturated rings. The molecule has 1 rings (SSSR count). The van der Waals surface area contributed by atoms with E-state index in [1.54, 1.807) is 24.3 Å². The number of benzene rings is 1. The van der Waals surface area contributed by atoms with Gasteiger partial charge in [-0.1, -0.05) is 12.1 Å². The summed E-state index contributed by atoms with van der Waals surface area (Å²) < 4.78 is 5.33. The number of hydrogen-bond acceptors (Lipinski definition) is 4. The minimum atomic E-state index is -1.03. The van der Waals surface area contributed by atoms with E-state index < -0.39 is 5.97 Å². The normalized spacial score (nSPS) is 9.50. The molecule has 112 valence electrons. The molecule has 0 bridgehead atoms. The Balaban J connectivity index is 0.00000361. The van der Waals surface area contributed by atoms with Crippen molar-refractivity contribution in [1.29, 1.82) is 0 Å². The summed E-state index contributed by atoms with van der Waals surface area (Å²) in [7, 11) is 0. The van der Waals surface area contributed by atoms with E-state index in [0.29, 0.717) is 18.9 Å². The van der Waals surface area contributed by atoms with Gasteiger partial charge in [0.05, 0.1) is 0 Å². The zero-order chi connectivity index (χ0) is 14.3. The quantitative estimate of drug-likeness (QED) is 0.780. The molecule has 0 saturated heterocycles. The third kappa shape index (κ3) is 6.40. The van der Waals surface area contributed by atoms with Gasteiger partial charge in [-0.05, 0) is 17.7 Å². The topological polar surface area (TPSA) is 92.9 Å². The van der Waals surface area contributed by atoms with Gasteiger partial charge in [0.25, 0.3) is 0 Å². The van der Waals surface area contributed by atoms with Crippen LogP contribution in [0.15, 0.2) is 24.3 Å². The van der Waals surface area contributed by atoms with Crippen LogP contribution in [0.25, 0.3) is 0 Å². The third-order valence-electron chi connectivity index (χ3n) is 2.45. The van der Waals surface area contributed by atoms with E-state index in [0.717, 1.165) is 5.56 Å². The Kier molecular flexibility index (Phi) is 8.35. The van der Waals surface area contributed by atoms with E-state index in [2.05, 4.69) is 0 Å². The van der Waals surface area contributed by atoms with E-state index >= 15 is 0 Å². The van der Waals surface area contributed by atoms with Crippen LogP contribution in [0.1, 0.15) is 12.5 Å². The number of carbonyl (C=O) groups is 2. The molecule has 1 aromatic carbocycles. The summed E-state index contributed by atoms with van der Waals surface area (Å²) in [5, 5.41) is 8.73. The van der Waals surface area contributed by atoms with Crippen molar-refractivity contribution in [3.8, 4) is 5.75 Å². The Morgan fingerprint density at radius 1 is 1.30 bits per heavy atom. The van der Waals surface area contributed by atoms with Crippen LogP contribution in [0.5, 0.6) is 5.75 Å². The van der Waals surface area contributed by atoms with Crippen molar-refractivity contribution in [2.75, 3.05) is 19.7 Å². The molecule has 0 aromatic heterocycles. The summed E-state index contributed by atoms with van der Waals surface area (Å²) in [6, 6.07) is 7.13. The zero-order valence-corrected chi connectivity index (χ0v) is 12.1. The van der Waals surface area contributed by atoms with Crippen molar-refractivity contribution in [3.63, 3.8) is 0 Å². The number of nitrogens with two attached hydrogens (primary N) is 1. The van der Waals surface area contributed by atoms with E-state index in [4.69, 9.17) is 15.6 Å². The number of carbonyl (C=O) groups excluding carboxylic acids is 1. The van der Waals surface area contributed by atoms with Crippen LogP contribution in [0.4, 0.5) is 0 Å². The highest BCUT2D eigenvalue weighted by atomic mass is 35.5. The van der Waals surface area contributed by atoms with Gasteiger partial charge in [-0.25, -0.2) is 0 Å². The van der Waals surface area contributed by atoms with Crippen molar-refractivity contribution in [1.82, 2.24) is 4.90 Å². The smallest absolute Gasteiger partial charge is 0.323 e. The first-order chi connectivity index (χ1) is 9.02. The number of amides is 1. The molecule has 0 aliphatic heterocycles. The van der Waals surface area contributed by atoms with Crippen LogP contribution in [0.3, 0.4) is 0 Å². The van der Waals surface area contributed by atoms with Gasteiger partial charge in [0.2, 0.25) is 5.91 Å². The minimum absolute atomic E-state index is 0. The molecule has 0 spiro atoms. The highest BCUT2D eigenvalue weighted by molar-refractivity contribution is 5.85. The number of carboxylic acid groups (broad SMARTS) is 1. The number of ether oxygens (including phenoxy) is 1. The van der Waals surface area contributed by atoms with Crippen molar-refractivity contribution in [3.05, 3.63) is 29.8 Å². The van der Waals surface area contributed by atoms with Crippen LogP contribution < -0.4 is 10.5 Å². The fraction of sp³-hybridized carbons (Fsp3) is 0.385. The molecule has 0 aliphatic rings. The molecule has 0 saturated carbocycles. The number of rotatable bonds is 7. The third-order valence-corrected chi connectivity index (χ3v) is 2.45. The van der Waals surface area contributed by atoms with Crippen LogP contribution >= 0.6 is 12.4 Å². The van der Waals surface area contributed by atoms with Gasteiger partial charge in [0, 0.05) is 20.0 Å². The minimum Gasteiger partial charge on any atom is -0.492 e. The molecule has 0 unspecified atom stereocenters. The maximum atomic E-state index is 11.3. The average molecular weight is 303 g/mol. The predicted octanol–water partition coefficient (Wildman–Crippen LogP) is 0.879. The summed E-state index contributed by atoms with van der Waals surface area (Å²) in [5.74, 6) is -0.606. The first-order valence-electron chi connectivity index (χ1n) is 5.92. The lowest BCUT2D eigenvalue weighted by Crippen LogP contribution is -2.33. The largest absolute Gasteiger partial charge is 0.492 e. The second-order valence-electron chi connectivity index (χ2n) is 4.05. The zero-order valence-electron chi connectivity index (χ0n) is 11.2. The maximum Gasteiger partial charge on any atom is 0.323 e. The summed E-state index contributed by atoms with van der Waals surface area (Å²) in [5.41, 5.74) is 6.17. The molecular weight excluding hydrogens is 284 g/mol. The summed E-state index contributed by atoms with van der Waals surface area (Å²) in [6.07, 6.45) is 0. The second kappa shape index (κ2) is 9.17. The van der Waals surface area contributed by atoms with Gasteiger partial charge in [-0.3, -0.25) is 9.59 Å².